The number of thioether (sulfide) groups is 1. The van der Waals surface area contributed by atoms with Crippen molar-refractivity contribution in [1.29, 1.82) is 0 Å². The lowest BCUT2D eigenvalue weighted by atomic mass is 10.2. The van der Waals surface area contributed by atoms with Crippen LogP contribution in [-0.4, -0.2) is 36.7 Å². The molecule has 6 heteroatoms. The SMILES string of the molecule is Cc1ccccc1OCCNC(=O)C1CSCN1.Cl. The van der Waals surface area contributed by atoms with Crippen molar-refractivity contribution >= 4 is 30.1 Å². The number of rotatable bonds is 5. The molecular formula is C13H19ClN2O2S. The van der Waals surface area contributed by atoms with Crippen LogP contribution in [0.25, 0.3) is 0 Å². The van der Waals surface area contributed by atoms with Gasteiger partial charge >= 0.3 is 0 Å². The molecule has 106 valence electrons. The number of aryl methyl sites for hydroxylation is 1. The van der Waals surface area contributed by atoms with Crippen LogP contribution in [0, 0.1) is 6.92 Å². The zero-order valence-electron chi connectivity index (χ0n) is 10.8. The second-order valence-electron chi connectivity index (χ2n) is 4.18. The van der Waals surface area contributed by atoms with Gasteiger partial charge in [0.2, 0.25) is 5.91 Å². The van der Waals surface area contributed by atoms with Crippen LogP contribution in [0.2, 0.25) is 0 Å². The first kappa shape index (κ1) is 16.1. The van der Waals surface area contributed by atoms with Gasteiger partial charge in [-0.2, -0.15) is 0 Å². The zero-order valence-corrected chi connectivity index (χ0v) is 12.5. The van der Waals surface area contributed by atoms with Crippen LogP contribution >= 0.6 is 24.2 Å². The summed E-state index contributed by atoms with van der Waals surface area (Å²) in [6, 6.07) is 7.82. The predicted octanol–water partition coefficient (Wildman–Crippen LogP) is 1.57. The van der Waals surface area contributed by atoms with E-state index in [1.807, 2.05) is 31.2 Å². The first-order chi connectivity index (χ1) is 8.77. The van der Waals surface area contributed by atoms with E-state index in [1.54, 1.807) is 11.8 Å². The normalized spacial score (nSPS) is 17.6. The fourth-order valence-corrected chi connectivity index (χ4v) is 2.68. The molecular weight excluding hydrogens is 284 g/mol. The number of halogens is 1. The highest BCUT2D eigenvalue weighted by Crippen LogP contribution is 2.15. The monoisotopic (exact) mass is 302 g/mol. The van der Waals surface area contributed by atoms with E-state index in [0.717, 1.165) is 22.9 Å². The number of ether oxygens (including phenoxy) is 1. The topological polar surface area (TPSA) is 50.4 Å². The fraction of sp³-hybridized carbons (Fsp3) is 0.462. The van der Waals surface area contributed by atoms with Crippen LogP contribution < -0.4 is 15.4 Å². The lowest BCUT2D eigenvalue weighted by molar-refractivity contribution is -0.122. The number of nitrogens with one attached hydrogen (secondary N) is 2. The molecule has 0 aliphatic carbocycles. The minimum atomic E-state index is -0.0477. The Kier molecular flexibility index (Phi) is 7.05. The number of carbonyl (C=O) groups excluding carboxylic acids is 1. The van der Waals surface area contributed by atoms with E-state index < -0.39 is 0 Å². The van der Waals surface area contributed by atoms with Gasteiger partial charge < -0.3 is 10.1 Å². The van der Waals surface area contributed by atoms with Crippen molar-refractivity contribution < 1.29 is 9.53 Å². The summed E-state index contributed by atoms with van der Waals surface area (Å²) in [7, 11) is 0. The fourth-order valence-electron chi connectivity index (χ4n) is 1.74. The van der Waals surface area contributed by atoms with Crippen molar-refractivity contribution in [3.63, 3.8) is 0 Å². The molecule has 1 aliphatic heterocycles. The third-order valence-corrected chi connectivity index (χ3v) is 3.73. The van der Waals surface area contributed by atoms with Crippen molar-refractivity contribution in [2.45, 2.75) is 13.0 Å². The average molecular weight is 303 g/mol. The Morgan fingerprint density at radius 3 is 3.00 bits per heavy atom. The third kappa shape index (κ3) is 4.93. The summed E-state index contributed by atoms with van der Waals surface area (Å²) in [4.78, 5) is 11.7. The molecule has 1 fully saturated rings. The van der Waals surface area contributed by atoms with Gasteiger partial charge in [0, 0.05) is 11.6 Å². The summed E-state index contributed by atoms with van der Waals surface area (Å²) in [5.74, 6) is 2.65. The molecule has 0 radical (unpaired) electrons. The Hall–Kier alpha value is -0.910. The highest BCUT2D eigenvalue weighted by atomic mass is 35.5. The molecule has 0 aromatic heterocycles. The van der Waals surface area contributed by atoms with Crippen molar-refractivity contribution in [1.82, 2.24) is 10.6 Å². The van der Waals surface area contributed by atoms with Crippen LogP contribution in [0.1, 0.15) is 5.56 Å². The Morgan fingerprint density at radius 2 is 2.32 bits per heavy atom. The van der Waals surface area contributed by atoms with Gasteiger partial charge in [0.1, 0.15) is 12.4 Å². The van der Waals surface area contributed by atoms with E-state index in [-0.39, 0.29) is 24.4 Å². The van der Waals surface area contributed by atoms with Crippen molar-refractivity contribution in [3.05, 3.63) is 29.8 Å². The molecule has 0 spiro atoms. The molecule has 2 N–H and O–H groups in total. The van der Waals surface area contributed by atoms with Gasteiger partial charge in [-0.3, -0.25) is 10.1 Å². The van der Waals surface area contributed by atoms with Gasteiger partial charge in [-0.05, 0) is 18.6 Å². The molecule has 0 saturated carbocycles. The Bertz CT molecular complexity index is 411. The standard InChI is InChI=1S/C13H18N2O2S.ClH/c1-10-4-2-3-5-12(10)17-7-6-14-13(16)11-8-18-9-15-11;/h2-5,11,15H,6-9H2,1H3,(H,14,16);1H. The summed E-state index contributed by atoms with van der Waals surface area (Å²) in [5.41, 5.74) is 1.11. The highest BCUT2D eigenvalue weighted by Gasteiger charge is 2.21. The summed E-state index contributed by atoms with van der Waals surface area (Å²) in [5, 5.41) is 6.01. The molecule has 1 atom stereocenters. The minimum absolute atomic E-state index is 0. The lowest BCUT2D eigenvalue weighted by Gasteiger charge is -2.12. The molecule has 1 aromatic carbocycles. The number of para-hydroxylation sites is 1. The number of hydrogen-bond donors (Lipinski definition) is 2. The number of hydrogen-bond acceptors (Lipinski definition) is 4. The van der Waals surface area contributed by atoms with E-state index in [0.29, 0.717) is 13.2 Å². The number of amides is 1. The van der Waals surface area contributed by atoms with Gasteiger partial charge in [-0.15, -0.1) is 24.2 Å². The largest absolute Gasteiger partial charge is 0.491 e. The molecule has 1 unspecified atom stereocenters. The number of benzene rings is 1. The molecule has 4 nitrogen and oxygen atoms in total. The van der Waals surface area contributed by atoms with Crippen LogP contribution in [0.3, 0.4) is 0 Å². The predicted molar refractivity (Wildman–Crippen MR) is 81.2 cm³/mol. The molecule has 1 aliphatic rings. The first-order valence-corrected chi connectivity index (χ1v) is 7.20. The second-order valence-corrected chi connectivity index (χ2v) is 5.21. The Balaban J connectivity index is 0.00000180. The summed E-state index contributed by atoms with van der Waals surface area (Å²) < 4.78 is 5.61. The maximum Gasteiger partial charge on any atom is 0.238 e. The molecule has 19 heavy (non-hydrogen) atoms. The van der Waals surface area contributed by atoms with Crippen molar-refractivity contribution in [2.75, 3.05) is 24.8 Å². The van der Waals surface area contributed by atoms with Crippen molar-refractivity contribution in [2.24, 2.45) is 0 Å². The quantitative estimate of drug-likeness (QED) is 0.811. The molecule has 1 saturated heterocycles. The molecule has 1 amide bonds. The smallest absolute Gasteiger partial charge is 0.238 e. The van der Waals surface area contributed by atoms with E-state index >= 15 is 0 Å². The van der Waals surface area contributed by atoms with Gasteiger partial charge in [0.15, 0.2) is 0 Å². The zero-order chi connectivity index (χ0) is 12.8. The number of carbonyl (C=O) groups is 1. The average Bonchev–Trinajstić information content (AvgIpc) is 2.90. The van der Waals surface area contributed by atoms with E-state index in [9.17, 15) is 4.79 Å². The molecule has 1 heterocycles. The second kappa shape index (κ2) is 8.30. The summed E-state index contributed by atoms with van der Waals surface area (Å²) in [6.45, 7) is 3.04. The van der Waals surface area contributed by atoms with E-state index in [4.69, 9.17) is 4.74 Å². The van der Waals surface area contributed by atoms with Crippen LogP contribution in [0.5, 0.6) is 5.75 Å². The van der Waals surface area contributed by atoms with Crippen LogP contribution in [-0.2, 0) is 4.79 Å². The third-order valence-electron chi connectivity index (χ3n) is 2.79. The molecule has 1 aromatic rings. The van der Waals surface area contributed by atoms with Gasteiger partial charge in [-0.1, -0.05) is 18.2 Å². The lowest BCUT2D eigenvalue weighted by Crippen LogP contribution is -2.43. The molecule has 0 bridgehead atoms. The van der Waals surface area contributed by atoms with E-state index in [1.165, 1.54) is 0 Å². The highest BCUT2D eigenvalue weighted by molar-refractivity contribution is 7.99. The Morgan fingerprint density at radius 1 is 1.53 bits per heavy atom. The van der Waals surface area contributed by atoms with Gasteiger partial charge in [0.05, 0.1) is 12.6 Å². The summed E-state index contributed by atoms with van der Waals surface area (Å²) in [6.07, 6.45) is 0. The van der Waals surface area contributed by atoms with Crippen LogP contribution in [0.15, 0.2) is 24.3 Å². The van der Waals surface area contributed by atoms with Gasteiger partial charge in [0.25, 0.3) is 0 Å². The van der Waals surface area contributed by atoms with Gasteiger partial charge in [-0.25, -0.2) is 0 Å². The van der Waals surface area contributed by atoms with Crippen molar-refractivity contribution in [3.8, 4) is 5.75 Å². The first-order valence-electron chi connectivity index (χ1n) is 6.04. The minimum Gasteiger partial charge on any atom is -0.491 e. The van der Waals surface area contributed by atoms with Crippen LogP contribution in [0.4, 0.5) is 0 Å². The van der Waals surface area contributed by atoms with E-state index in [2.05, 4.69) is 10.6 Å². The molecule has 2 rings (SSSR count). The maximum absolute atomic E-state index is 11.7. The Labute approximate surface area is 124 Å². The summed E-state index contributed by atoms with van der Waals surface area (Å²) >= 11 is 1.75. The maximum atomic E-state index is 11.7.